The number of hydrazone groups is 1. The number of alkyl halides is 3. The Hall–Kier alpha value is -2.95. The van der Waals surface area contributed by atoms with Crippen molar-refractivity contribution in [1.82, 2.24) is 15.4 Å². The maximum atomic E-state index is 12.7. The molecular weight excluding hydrogens is 474 g/mol. The van der Waals surface area contributed by atoms with Crippen LogP contribution in [-0.4, -0.2) is 21.3 Å². The Balaban J connectivity index is 1.56. The lowest BCUT2D eigenvalue weighted by molar-refractivity contribution is -0.141. The van der Waals surface area contributed by atoms with E-state index in [0.29, 0.717) is 21.3 Å². The van der Waals surface area contributed by atoms with Crippen LogP contribution >= 0.6 is 35.4 Å². The molecule has 0 aliphatic rings. The number of halogens is 5. The Morgan fingerprint density at radius 1 is 1.10 bits per heavy atom. The minimum absolute atomic E-state index is 0.196. The van der Waals surface area contributed by atoms with E-state index in [-0.39, 0.29) is 10.9 Å². The van der Waals surface area contributed by atoms with Gasteiger partial charge in [-0.15, -0.1) is 0 Å². The first-order chi connectivity index (χ1) is 14.7. The third kappa shape index (κ3) is 6.78. The van der Waals surface area contributed by atoms with Gasteiger partial charge in [0.05, 0.1) is 16.9 Å². The lowest BCUT2D eigenvalue weighted by Crippen LogP contribution is -2.24. The zero-order valence-corrected chi connectivity index (χ0v) is 17.6. The number of ether oxygens (including phenoxy) is 1. The maximum Gasteiger partial charge on any atom is 0.433 e. The highest BCUT2D eigenvalue weighted by atomic mass is 35.5. The van der Waals surface area contributed by atoms with E-state index in [9.17, 15) is 13.2 Å². The zero-order valence-electron chi connectivity index (χ0n) is 15.3. The normalized spacial score (nSPS) is 11.4. The van der Waals surface area contributed by atoms with Crippen molar-refractivity contribution in [1.29, 1.82) is 0 Å². The molecule has 0 amide bonds. The lowest BCUT2D eigenvalue weighted by Gasteiger charge is -2.09. The molecule has 0 saturated carbocycles. The molecule has 0 aliphatic heterocycles. The molecule has 0 saturated heterocycles. The van der Waals surface area contributed by atoms with Gasteiger partial charge in [-0.05, 0) is 66.3 Å². The molecule has 0 spiro atoms. The Morgan fingerprint density at radius 2 is 1.84 bits per heavy atom. The largest absolute Gasteiger partial charge is 0.433 e. The SMILES string of the molecule is FC(F)(F)c1ccnc(Oc2ccc(/C=N/NC(=S)Nc3cc(Cl)ccc3Cl)cc2)n1. The molecule has 0 atom stereocenters. The summed E-state index contributed by atoms with van der Waals surface area (Å²) in [6.45, 7) is 0. The fourth-order valence-electron chi connectivity index (χ4n) is 2.18. The highest BCUT2D eigenvalue weighted by molar-refractivity contribution is 7.80. The molecule has 0 unspecified atom stereocenters. The van der Waals surface area contributed by atoms with Crippen LogP contribution < -0.4 is 15.5 Å². The molecule has 6 nitrogen and oxygen atoms in total. The molecule has 0 bridgehead atoms. The van der Waals surface area contributed by atoms with Crippen molar-refractivity contribution < 1.29 is 17.9 Å². The predicted molar refractivity (Wildman–Crippen MR) is 117 cm³/mol. The van der Waals surface area contributed by atoms with Crippen LogP contribution in [-0.2, 0) is 6.18 Å². The molecule has 2 N–H and O–H groups in total. The molecule has 3 aromatic rings. The number of hydrogen-bond donors (Lipinski definition) is 2. The van der Waals surface area contributed by atoms with Crippen LogP contribution in [0.5, 0.6) is 11.8 Å². The fourth-order valence-corrected chi connectivity index (χ4v) is 2.68. The molecule has 0 fully saturated rings. The Bertz CT molecular complexity index is 1110. The van der Waals surface area contributed by atoms with E-state index < -0.39 is 17.9 Å². The molecule has 1 heterocycles. The quantitative estimate of drug-likeness (QED) is 0.265. The van der Waals surface area contributed by atoms with Gasteiger partial charge in [0.25, 0.3) is 0 Å². The van der Waals surface area contributed by atoms with Gasteiger partial charge >= 0.3 is 12.2 Å². The highest BCUT2D eigenvalue weighted by Crippen LogP contribution is 2.29. The van der Waals surface area contributed by atoms with Gasteiger partial charge in [0.2, 0.25) is 0 Å². The van der Waals surface area contributed by atoms with Crippen LogP contribution in [0.15, 0.2) is 59.8 Å². The Kier molecular flexibility index (Phi) is 7.26. The van der Waals surface area contributed by atoms with E-state index in [1.165, 1.54) is 18.3 Å². The van der Waals surface area contributed by atoms with Gasteiger partial charge in [-0.1, -0.05) is 23.2 Å². The number of nitrogens with one attached hydrogen (secondary N) is 2. The summed E-state index contributed by atoms with van der Waals surface area (Å²) in [6, 6.07) is 11.6. The van der Waals surface area contributed by atoms with Gasteiger partial charge in [-0.3, -0.25) is 5.43 Å². The number of anilines is 1. The van der Waals surface area contributed by atoms with Crippen molar-refractivity contribution in [2.24, 2.45) is 5.10 Å². The molecule has 2 aromatic carbocycles. The summed E-state index contributed by atoms with van der Waals surface area (Å²) in [7, 11) is 0. The smallest absolute Gasteiger partial charge is 0.424 e. The first-order valence-electron chi connectivity index (χ1n) is 8.44. The lowest BCUT2D eigenvalue weighted by atomic mass is 10.2. The number of hydrogen-bond acceptors (Lipinski definition) is 5. The van der Waals surface area contributed by atoms with E-state index in [2.05, 4.69) is 25.8 Å². The molecule has 160 valence electrons. The summed E-state index contributed by atoms with van der Waals surface area (Å²) in [6.07, 6.45) is -2.12. The van der Waals surface area contributed by atoms with Gasteiger partial charge in [-0.2, -0.15) is 23.3 Å². The van der Waals surface area contributed by atoms with Gasteiger partial charge < -0.3 is 10.1 Å². The van der Waals surface area contributed by atoms with Gasteiger partial charge in [0.1, 0.15) is 5.75 Å². The summed E-state index contributed by atoms with van der Waals surface area (Å²) in [5.41, 5.74) is 2.75. The van der Waals surface area contributed by atoms with Gasteiger partial charge in [0.15, 0.2) is 10.8 Å². The second kappa shape index (κ2) is 9.90. The average molecular weight is 486 g/mol. The third-order valence-corrected chi connectivity index (χ3v) is 4.33. The van der Waals surface area contributed by atoms with Crippen LogP contribution in [0.1, 0.15) is 11.3 Å². The molecule has 0 aliphatic carbocycles. The molecular formula is C19H12Cl2F3N5OS. The van der Waals surface area contributed by atoms with Crippen LogP contribution in [0.3, 0.4) is 0 Å². The van der Waals surface area contributed by atoms with Crippen LogP contribution in [0.25, 0.3) is 0 Å². The Morgan fingerprint density at radius 3 is 2.55 bits per heavy atom. The summed E-state index contributed by atoms with van der Waals surface area (Å²) in [5, 5.41) is 8.00. The minimum atomic E-state index is -4.58. The van der Waals surface area contributed by atoms with Crippen molar-refractivity contribution in [2.75, 3.05) is 5.32 Å². The van der Waals surface area contributed by atoms with E-state index in [1.807, 2.05) is 0 Å². The zero-order chi connectivity index (χ0) is 22.4. The van der Waals surface area contributed by atoms with Crippen LogP contribution in [0.4, 0.5) is 18.9 Å². The first kappa shape index (κ1) is 22.7. The summed E-state index contributed by atoms with van der Waals surface area (Å²) in [5.74, 6) is 0.261. The fraction of sp³-hybridized carbons (Fsp3) is 0.0526. The van der Waals surface area contributed by atoms with Crippen molar-refractivity contribution in [2.45, 2.75) is 6.18 Å². The first-order valence-corrected chi connectivity index (χ1v) is 9.60. The standard InChI is InChI=1S/C19H12Cl2F3N5OS/c20-12-3-6-14(21)15(9-12)27-18(31)29-26-10-11-1-4-13(5-2-11)30-17-25-8-7-16(28-17)19(22,23)24/h1-10H,(H2,27,29,31)/b26-10+. The summed E-state index contributed by atoms with van der Waals surface area (Å²) in [4.78, 5) is 7.02. The summed E-state index contributed by atoms with van der Waals surface area (Å²) < 4.78 is 43.4. The van der Waals surface area contributed by atoms with E-state index in [4.69, 9.17) is 40.2 Å². The molecule has 1 aromatic heterocycles. The average Bonchev–Trinajstić information content (AvgIpc) is 2.72. The molecule has 0 radical (unpaired) electrons. The van der Waals surface area contributed by atoms with E-state index >= 15 is 0 Å². The Labute approximate surface area is 190 Å². The molecule has 3 rings (SSSR count). The third-order valence-electron chi connectivity index (χ3n) is 3.57. The number of aromatic nitrogens is 2. The van der Waals surface area contributed by atoms with Crippen LogP contribution in [0.2, 0.25) is 10.0 Å². The van der Waals surface area contributed by atoms with E-state index in [1.54, 1.807) is 30.3 Å². The second-order valence-electron chi connectivity index (χ2n) is 5.84. The number of benzene rings is 2. The van der Waals surface area contributed by atoms with Crippen molar-refractivity contribution in [3.8, 4) is 11.8 Å². The van der Waals surface area contributed by atoms with Crippen molar-refractivity contribution in [3.63, 3.8) is 0 Å². The van der Waals surface area contributed by atoms with Gasteiger partial charge in [0, 0.05) is 11.2 Å². The molecule has 12 heteroatoms. The van der Waals surface area contributed by atoms with Crippen molar-refractivity contribution >= 4 is 52.4 Å². The minimum Gasteiger partial charge on any atom is -0.424 e. The second-order valence-corrected chi connectivity index (χ2v) is 7.09. The summed E-state index contributed by atoms with van der Waals surface area (Å²) >= 11 is 17.1. The van der Waals surface area contributed by atoms with E-state index in [0.717, 1.165) is 12.3 Å². The topological polar surface area (TPSA) is 71.4 Å². The number of nitrogens with zero attached hydrogens (tertiary/aromatic N) is 3. The van der Waals surface area contributed by atoms with Crippen molar-refractivity contribution in [3.05, 3.63) is 76.0 Å². The highest BCUT2D eigenvalue weighted by Gasteiger charge is 2.33. The van der Waals surface area contributed by atoms with Gasteiger partial charge in [-0.25, -0.2) is 4.98 Å². The van der Waals surface area contributed by atoms with Crippen LogP contribution in [0, 0.1) is 0 Å². The maximum absolute atomic E-state index is 12.7. The molecule has 31 heavy (non-hydrogen) atoms. The number of rotatable bonds is 5. The predicted octanol–water partition coefficient (Wildman–Crippen LogP) is 5.92. The number of thiocarbonyl (C=S) groups is 1. The monoisotopic (exact) mass is 485 g/mol.